The van der Waals surface area contributed by atoms with E-state index >= 15 is 0 Å². The van der Waals surface area contributed by atoms with Crippen LogP contribution in [0, 0.1) is 13.8 Å². The lowest BCUT2D eigenvalue weighted by atomic mass is 10.1. The molecule has 0 saturated heterocycles. The van der Waals surface area contributed by atoms with Gasteiger partial charge in [0, 0.05) is 18.7 Å². The maximum atomic E-state index is 12.6. The van der Waals surface area contributed by atoms with Crippen LogP contribution < -0.4 is 10.1 Å². The van der Waals surface area contributed by atoms with Crippen molar-refractivity contribution < 1.29 is 9.53 Å². The molecule has 3 heterocycles. The molecule has 0 saturated carbocycles. The number of carbonyl (C=O) groups excluding carboxylic acids is 1. The van der Waals surface area contributed by atoms with Gasteiger partial charge in [0.25, 0.3) is 5.91 Å². The standard InChI is InChI=1S/C19H18N4O2/c1-12-7-8-20-17(9-12)23-18(10-13(2)22-23)21-19(24)16-11-14-5-3-4-6-15(14)25-16/h3-10,16H,11H2,1-2H3,(H,21,24)/t16-/m0/s1. The Kier molecular flexibility index (Phi) is 3.72. The van der Waals surface area contributed by atoms with Crippen LogP contribution in [0.15, 0.2) is 48.7 Å². The number of anilines is 1. The summed E-state index contributed by atoms with van der Waals surface area (Å²) in [6.45, 7) is 3.87. The summed E-state index contributed by atoms with van der Waals surface area (Å²) < 4.78 is 7.40. The van der Waals surface area contributed by atoms with Crippen LogP contribution in [-0.2, 0) is 11.2 Å². The van der Waals surface area contributed by atoms with Gasteiger partial charge in [-0.1, -0.05) is 18.2 Å². The summed E-state index contributed by atoms with van der Waals surface area (Å²) in [5, 5.41) is 7.36. The number of ether oxygens (including phenoxy) is 1. The van der Waals surface area contributed by atoms with Crippen molar-refractivity contribution in [3.05, 3.63) is 65.5 Å². The van der Waals surface area contributed by atoms with E-state index in [0.29, 0.717) is 18.1 Å². The Hall–Kier alpha value is -3.15. The summed E-state index contributed by atoms with van der Waals surface area (Å²) in [6.07, 6.45) is 1.76. The molecule has 0 spiro atoms. The van der Waals surface area contributed by atoms with Crippen LogP contribution >= 0.6 is 0 Å². The molecular formula is C19H18N4O2. The molecule has 126 valence electrons. The minimum Gasteiger partial charge on any atom is -0.480 e. The fraction of sp³-hybridized carbons (Fsp3) is 0.211. The number of aryl methyl sites for hydroxylation is 2. The first kappa shape index (κ1) is 15.4. The first-order valence-corrected chi connectivity index (χ1v) is 8.15. The zero-order valence-electron chi connectivity index (χ0n) is 14.1. The van der Waals surface area contributed by atoms with Gasteiger partial charge in [0.05, 0.1) is 5.69 Å². The van der Waals surface area contributed by atoms with Gasteiger partial charge in [-0.05, 0) is 43.2 Å². The summed E-state index contributed by atoms with van der Waals surface area (Å²) in [5.74, 6) is 1.83. The average molecular weight is 334 g/mol. The molecule has 1 aliphatic rings. The predicted octanol–water partition coefficient (Wildman–Crippen LogP) is 2.83. The smallest absolute Gasteiger partial charge is 0.266 e. The minimum atomic E-state index is -0.536. The van der Waals surface area contributed by atoms with Crippen LogP contribution in [0.1, 0.15) is 16.8 Å². The first-order chi connectivity index (χ1) is 12.1. The number of fused-ring (bicyclic) bond motifs is 1. The Morgan fingerprint density at radius 1 is 1.24 bits per heavy atom. The lowest BCUT2D eigenvalue weighted by Gasteiger charge is -2.12. The van der Waals surface area contributed by atoms with E-state index in [0.717, 1.165) is 22.6 Å². The normalized spacial score (nSPS) is 15.5. The average Bonchev–Trinajstić information content (AvgIpc) is 3.18. The highest BCUT2D eigenvalue weighted by Crippen LogP contribution is 2.29. The molecule has 6 heteroatoms. The monoisotopic (exact) mass is 334 g/mol. The molecule has 4 rings (SSSR count). The maximum Gasteiger partial charge on any atom is 0.266 e. The summed E-state index contributed by atoms with van der Waals surface area (Å²) in [4.78, 5) is 17.0. The van der Waals surface area contributed by atoms with Crippen LogP contribution in [0.2, 0.25) is 0 Å². The second-order valence-corrected chi connectivity index (χ2v) is 6.18. The number of hydrogen-bond acceptors (Lipinski definition) is 4. The number of para-hydroxylation sites is 1. The highest BCUT2D eigenvalue weighted by molar-refractivity contribution is 5.94. The van der Waals surface area contributed by atoms with Crippen molar-refractivity contribution in [3.8, 4) is 11.6 Å². The van der Waals surface area contributed by atoms with Crippen LogP contribution in [0.25, 0.3) is 5.82 Å². The second kappa shape index (κ2) is 6.05. The number of pyridine rings is 1. The number of aromatic nitrogens is 3. The Morgan fingerprint density at radius 2 is 2.08 bits per heavy atom. The Labute approximate surface area is 145 Å². The van der Waals surface area contributed by atoms with E-state index in [9.17, 15) is 4.79 Å². The summed E-state index contributed by atoms with van der Waals surface area (Å²) in [7, 11) is 0. The van der Waals surface area contributed by atoms with E-state index in [4.69, 9.17) is 4.74 Å². The number of carbonyl (C=O) groups is 1. The molecule has 0 aliphatic carbocycles. The van der Waals surface area contributed by atoms with Gasteiger partial charge in [0.1, 0.15) is 11.6 Å². The number of nitrogens with zero attached hydrogens (tertiary/aromatic N) is 3. The molecule has 3 aromatic rings. The number of benzene rings is 1. The van der Waals surface area contributed by atoms with Crippen molar-refractivity contribution in [2.45, 2.75) is 26.4 Å². The summed E-state index contributed by atoms with van der Waals surface area (Å²) in [6, 6.07) is 13.4. The number of rotatable bonds is 3. The largest absolute Gasteiger partial charge is 0.480 e. The molecule has 1 atom stereocenters. The van der Waals surface area contributed by atoms with Crippen LogP contribution in [0.5, 0.6) is 5.75 Å². The molecular weight excluding hydrogens is 316 g/mol. The summed E-state index contributed by atoms with van der Waals surface area (Å²) in [5.41, 5.74) is 2.92. The Balaban J connectivity index is 1.57. The number of nitrogens with one attached hydrogen (secondary N) is 1. The SMILES string of the molecule is Cc1ccnc(-n2nc(C)cc2NC(=O)[C@@H]2Cc3ccccc3O2)c1. The van der Waals surface area contributed by atoms with Crippen molar-refractivity contribution >= 4 is 11.7 Å². The zero-order chi connectivity index (χ0) is 17.4. The predicted molar refractivity (Wildman–Crippen MR) is 94.0 cm³/mol. The molecule has 1 aliphatic heterocycles. The Morgan fingerprint density at radius 3 is 2.88 bits per heavy atom. The topological polar surface area (TPSA) is 69.0 Å². The van der Waals surface area contributed by atoms with E-state index in [1.54, 1.807) is 10.9 Å². The van der Waals surface area contributed by atoms with E-state index < -0.39 is 6.10 Å². The van der Waals surface area contributed by atoms with Gasteiger partial charge in [0.2, 0.25) is 0 Å². The molecule has 0 radical (unpaired) electrons. The van der Waals surface area contributed by atoms with E-state index in [1.165, 1.54) is 0 Å². The highest BCUT2D eigenvalue weighted by atomic mass is 16.5. The van der Waals surface area contributed by atoms with Crippen LogP contribution in [-0.4, -0.2) is 26.8 Å². The van der Waals surface area contributed by atoms with Gasteiger partial charge in [-0.2, -0.15) is 9.78 Å². The van der Waals surface area contributed by atoms with Crippen LogP contribution in [0.3, 0.4) is 0 Å². The van der Waals surface area contributed by atoms with Gasteiger partial charge in [-0.15, -0.1) is 0 Å². The van der Waals surface area contributed by atoms with Crippen molar-refractivity contribution in [2.75, 3.05) is 5.32 Å². The van der Waals surface area contributed by atoms with E-state index in [1.807, 2.05) is 56.3 Å². The summed E-state index contributed by atoms with van der Waals surface area (Å²) >= 11 is 0. The maximum absolute atomic E-state index is 12.6. The fourth-order valence-electron chi connectivity index (χ4n) is 2.93. The van der Waals surface area contributed by atoms with Crippen molar-refractivity contribution in [1.82, 2.24) is 14.8 Å². The molecule has 0 bridgehead atoms. The van der Waals surface area contributed by atoms with Gasteiger partial charge < -0.3 is 10.1 Å². The highest BCUT2D eigenvalue weighted by Gasteiger charge is 2.29. The van der Waals surface area contributed by atoms with Gasteiger partial charge in [0.15, 0.2) is 11.9 Å². The lowest BCUT2D eigenvalue weighted by molar-refractivity contribution is -0.122. The van der Waals surface area contributed by atoms with Gasteiger partial charge in [-0.25, -0.2) is 4.98 Å². The first-order valence-electron chi connectivity index (χ1n) is 8.15. The molecule has 1 N–H and O–H groups in total. The van der Waals surface area contributed by atoms with Gasteiger partial charge in [-0.3, -0.25) is 4.79 Å². The van der Waals surface area contributed by atoms with Crippen LogP contribution in [0.4, 0.5) is 5.82 Å². The van der Waals surface area contributed by atoms with Crippen molar-refractivity contribution in [2.24, 2.45) is 0 Å². The number of hydrogen-bond donors (Lipinski definition) is 1. The number of amides is 1. The van der Waals surface area contributed by atoms with E-state index in [-0.39, 0.29) is 5.91 Å². The van der Waals surface area contributed by atoms with Gasteiger partial charge >= 0.3 is 0 Å². The third-order valence-corrected chi connectivity index (χ3v) is 4.14. The molecule has 25 heavy (non-hydrogen) atoms. The molecule has 0 fully saturated rings. The molecule has 6 nitrogen and oxygen atoms in total. The molecule has 1 amide bonds. The van der Waals surface area contributed by atoms with Crippen molar-refractivity contribution in [3.63, 3.8) is 0 Å². The van der Waals surface area contributed by atoms with E-state index in [2.05, 4.69) is 15.4 Å². The third kappa shape index (κ3) is 2.98. The fourth-order valence-corrected chi connectivity index (χ4v) is 2.93. The lowest BCUT2D eigenvalue weighted by Crippen LogP contribution is -2.32. The molecule has 0 unspecified atom stereocenters. The molecule has 2 aromatic heterocycles. The quantitative estimate of drug-likeness (QED) is 0.800. The van der Waals surface area contributed by atoms with Crippen molar-refractivity contribution in [1.29, 1.82) is 0 Å². The Bertz CT molecular complexity index is 923. The molecule has 1 aromatic carbocycles. The second-order valence-electron chi connectivity index (χ2n) is 6.18. The third-order valence-electron chi connectivity index (χ3n) is 4.14. The zero-order valence-corrected chi connectivity index (χ0v) is 14.1. The minimum absolute atomic E-state index is 0.190.